The monoisotopic (exact) mass is 331 g/mol. The molecule has 1 atom stereocenters. The van der Waals surface area contributed by atoms with Gasteiger partial charge in [0.15, 0.2) is 0 Å². The highest BCUT2D eigenvalue weighted by Crippen LogP contribution is 2.25. The highest BCUT2D eigenvalue weighted by atomic mass is 35.5. The number of piperidine rings is 1. The van der Waals surface area contributed by atoms with Gasteiger partial charge >= 0.3 is 0 Å². The summed E-state index contributed by atoms with van der Waals surface area (Å²) in [7, 11) is -3.42. The average Bonchev–Trinajstić information content (AvgIpc) is 2.48. The molecule has 0 bridgehead atoms. The topological polar surface area (TPSA) is 57.6 Å². The molecule has 0 aliphatic carbocycles. The number of hydrogen-bond donors (Lipinski definition) is 1. The Morgan fingerprint density at radius 1 is 1.29 bits per heavy atom. The summed E-state index contributed by atoms with van der Waals surface area (Å²) in [4.78, 5) is 0.330. The molecule has 1 aliphatic heterocycles. The minimum Gasteiger partial charge on any atom is -0.393 e. The van der Waals surface area contributed by atoms with Crippen molar-refractivity contribution in [2.45, 2.75) is 37.2 Å². The summed E-state index contributed by atoms with van der Waals surface area (Å²) in [6.45, 7) is 2.72. The number of rotatable bonds is 5. The first-order valence-corrected chi connectivity index (χ1v) is 9.25. The predicted octanol–water partition coefficient (Wildman–Crippen LogP) is 2.25. The van der Waals surface area contributed by atoms with Crippen LogP contribution in [0.3, 0.4) is 0 Å². The third-order valence-electron chi connectivity index (χ3n) is 4.13. The van der Waals surface area contributed by atoms with Gasteiger partial charge in [-0.2, -0.15) is 4.31 Å². The Morgan fingerprint density at radius 3 is 2.33 bits per heavy atom. The molecule has 0 aromatic heterocycles. The zero-order chi connectivity index (χ0) is 15.5. The lowest BCUT2D eigenvalue weighted by atomic mass is 9.93. The summed E-state index contributed by atoms with van der Waals surface area (Å²) >= 11 is 5.68. The van der Waals surface area contributed by atoms with Gasteiger partial charge < -0.3 is 5.11 Å². The average molecular weight is 332 g/mol. The zero-order valence-corrected chi connectivity index (χ0v) is 13.8. The number of aryl methyl sites for hydroxylation is 1. The lowest BCUT2D eigenvalue weighted by Crippen LogP contribution is -2.40. The standard InChI is InChI=1S/C15H22ClNO3S/c1-12(18)14-7-10-17(11-8-14)21(19,20)15-4-2-13(3-5-15)6-9-16/h2-5,12,14,18H,6-11H2,1H3. The number of alkyl halides is 1. The molecule has 118 valence electrons. The second-order valence-corrected chi connectivity index (χ2v) is 7.88. The van der Waals surface area contributed by atoms with Crippen LogP contribution in [0, 0.1) is 5.92 Å². The largest absolute Gasteiger partial charge is 0.393 e. The number of nitrogens with zero attached hydrogens (tertiary/aromatic N) is 1. The molecule has 0 radical (unpaired) electrons. The second-order valence-electron chi connectivity index (χ2n) is 5.57. The summed E-state index contributed by atoms with van der Waals surface area (Å²) in [5, 5.41) is 9.59. The molecule has 1 heterocycles. The van der Waals surface area contributed by atoms with E-state index in [0.29, 0.717) is 36.7 Å². The lowest BCUT2D eigenvalue weighted by molar-refractivity contribution is 0.0912. The van der Waals surface area contributed by atoms with Crippen LogP contribution in [-0.2, 0) is 16.4 Å². The fraction of sp³-hybridized carbons (Fsp3) is 0.600. The molecule has 6 heteroatoms. The van der Waals surface area contributed by atoms with Crippen molar-refractivity contribution in [3.8, 4) is 0 Å². The molecule has 4 nitrogen and oxygen atoms in total. The van der Waals surface area contributed by atoms with Crippen molar-refractivity contribution in [2.75, 3.05) is 19.0 Å². The van der Waals surface area contributed by atoms with E-state index in [4.69, 9.17) is 11.6 Å². The fourth-order valence-electron chi connectivity index (χ4n) is 2.68. The number of aliphatic hydroxyl groups is 1. The van der Waals surface area contributed by atoms with Crippen LogP contribution < -0.4 is 0 Å². The van der Waals surface area contributed by atoms with E-state index < -0.39 is 10.0 Å². The van der Waals surface area contributed by atoms with Crippen molar-refractivity contribution in [3.05, 3.63) is 29.8 Å². The van der Waals surface area contributed by atoms with Gasteiger partial charge in [-0.3, -0.25) is 0 Å². The van der Waals surface area contributed by atoms with E-state index in [9.17, 15) is 13.5 Å². The number of sulfonamides is 1. The summed E-state index contributed by atoms with van der Waals surface area (Å²) in [6.07, 6.45) is 1.79. The summed E-state index contributed by atoms with van der Waals surface area (Å²) in [6, 6.07) is 6.94. The summed E-state index contributed by atoms with van der Waals surface area (Å²) in [5.74, 6) is 0.724. The minimum absolute atomic E-state index is 0.197. The summed E-state index contributed by atoms with van der Waals surface area (Å²) in [5.41, 5.74) is 1.04. The van der Waals surface area contributed by atoms with Gasteiger partial charge in [0, 0.05) is 19.0 Å². The van der Waals surface area contributed by atoms with Crippen LogP contribution in [0.25, 0.3) is 0 Å². The molecule has 1 fully saturated rings. The van der Waals surface area contributed by atoms with E-state index in [-0.39, 0.29) is 12.0 Å². The maximum atomic E-state index is 12.6. The SMILES string of the molecule is CC(O)C1CCN(S(=O)(=O)c2ccc(CCCl)cc2)CC1. The van der Waals surface area contributed by atoms with Gasteiger partial charge in [-0.25, -0.2) is 8.42 Å². The smallest absolute Gasteiger partial charge is 0.243 e. The third-order valence-corrected chi connectivity index (χ3v) is 6.23. The van der Waals surface area contributed by atoms with E-state index in [1.165, 1.54) is 4.31 Å². The maximum Gasteiger partial charge on any atom is 0.243 e. The lowest BCUT2D eigenvalue weighted by Gasteiger charge is -2.32. The number of hydrogen-bond acceptors (Lipinski definition) is 3. The van der Waals surface area contributed by atoms with Crippen molar-refractivity contribution >= 4 is 21.6 Å². The molecule has 1 aromatic carbocycles. The van der Waals surface area contributed by atoms with Gasteiger partial charge in [-0.15, -0.1) is 11.6 Å². The van der Waals surface area contributed by atoms with Crippen LogP contribution in [0.4, 0.5) is 0 Å². The van der Waals surface area contributed by atoms with E-state index in [2.05, 4.69) is 0 Å². The van der Waals surface area contributed by atoms with Crippen LogP contribution in [0.1, 0.15) is 25.3 Å². The normalized spacial score (nSPS) is 19.6. The van der Waals surface area contributed by atoms with Crippen LogP contribution in [0.15, 0.2) is 29.2 Å². The van der Waals surface area contributed by atoms with Gasteiger partial charge in [-0.05, 0) is 49.8 Å². The first-order valence-electron chi connectivity index (χ1n) is 7.28. The molecule has 1 N–H and O–H groups in total. The molecule has 1 saturated heterocycles. The highest BCUT2D eigenvalue weighted by Gasteiger charge is 2.30. The number of halogens is 1. The molecule has 1 aromatic rings. The van der Waals surface area contributed by atoms with E-state index in [1.54, 1.807) is 19.1 Å². The van der Waals surface area contributed by atoms with Gasteiger partial charge in [-0.1, -0.05) is 12.1 Å². The number of aliphatic hydroxyl groups excluding tert-OH is 1. The Labute approximate surface area is 131 Å². The molecular weight excluding hydrogens is 310 g/mol. The van der Waals surface area contributed by atoms with E-state index >= 15 is 0 Å². The van der Waals surface area contributed by atoms with Crippen molar-refractivity contribution in [2.24, 2.45) is 5.92 Å². The molecule has 2 rings (SSSR count). The molecule has 0 spiro atoms. The fourth-order valence-corrected chi connectivity index (χ4v) is 4.37. The second kappa shape index (κ2) is 7.09. The van der Waals surface area contributed by atoms with E-state index in [0.717, 1.165) is 12.0 Å². The van der Waals surface area contributed by atoms with Crippen LogP contribution in [-0.4, -0.2) is 42.9 Å². The molecule has 21 heavy (non-hydrogen) atoms. The van der Waals surface area contributed by atoms with Crippen LogP contribution >= 0.6 is 11.6 Å². The molecule has 1 aliphatic rings. The molecular formula is C15H22ClNO3S. The Hall–Kier alpha value is -0.620. The van der Waals surface area contributed by atoms with Gasteiger partial charge in [0.05, 0.1) is 11.0 Å². The third kappa shape index (κ3) is 3.97. The van der Waals surface area contributed by atoms with Crippen LogP contribution in [0.2, 0.25) is 0 Å². The zero-order valence-electron chi connectivity index (χ0n) is 12.2. The maximum absolute atomic E-state index is 12.6. The Bertz CT molecular complexity index is 549. The van der Waals surface area contributed by atoms with Gasteiger partial charge in [0.1, 0.15) is 0 Å². The number of benzene rings is 1. The van der Waals surface area contributed by atoms with Gasteiger partial charge in [0.25, 0.3) is 0 Å². The van der Waals surface area contributed by atoms with Crippen molar-refractivity contribution in [3.63, 3.8) is 0 Å². The molecule has 0 amide bonds. The molecule has 1 unspecified atom stereocenters. The van der Waals surface area contributed by atoms with Crippen molar-refractivity contribution in [1.29, 1.82) is 0 Å². The first kappa shape index (κ1) is 16.7. The Balaban J connectivity index is 2.08. The predicted molar refractivity (Wildman–Crippen MR) is 84.0 cm³/mol. The van der Waals surface area contributed by atoms with Crippen molar-refractivity contribution < 1.29 is 13.5 Å². The first-order chi connectivity index (χ1) is 9.95. The van der Waals surface area contributed by atoms with E-state index in [1.807, 2.05) is 12.1 Å². The van der Waals surface area contributed by atoms with Crippen molar-refractivity contribution in [1.82, 2.24) is 4.31 Å². The Kier molecular flexibility index (Phi) is 5.66. The highest BCUT2D eigenvalue weighted by molar-refractivity contribution is 7.89. The molecule has 0 saturated carbocycles. The Morgan fingerprint density at radius 2 is 1.86 bits per heavy atom. The van der Waals surface area contributed by atoms with Crippen LogP contribution in [0.5, 0.6) is 0 Å². The minimum atomic E-state index is -3.42. The summed E-state index contributed by atoms with van der Waals surface area (Å²) < 4.78 is 26.7. The quantitative estimate of drug-likeness (QED) is 0.842. The van der Waals surface area contributed by atoms with Gasteiger partial charge in [0.2, 0.25) is 10.0 Å².